The Morgan fingerprint density at radius 3 is 2.65 bits per heavy atom. The lowest BCUT2D eigenvalue weighted by Crippen LogP contribution is -2.56. The van der Waals surface area contributed by atoms with Crippen LogP contribution in [0.5, 0.6) is 0 Å². The molecule has 1 amide bonds. The smallest absolute Gasteiger partial charge is 0.329 e. The minimum Gasteiger partial charge on any atom is -0.480 e. The molecular formula is C14H21N3O3. The molecule has 20 heavy (non-hydrogen) atoms. The number of aliphatic carboxylic acids is 1. The first kappa shape index (κ1) is 14.6. The van der Waals surface area contributed by atoms with Crippen LogP contribution in [-0.2, 0) is 4.79 Å². The van der Waals surface area contributed by atoms with Gasteiger partial charge in [0.25, 0.3) is 5.91 Å². The number of carbonyl (C=O) groups is 2. The first-order valence-corrected chi connectivity index (χ1v) is 6.93. The zero-order valence-electron chi connectivity index (χ0n) is 12.1. The maximum absolute atomic E-state index is 12.4. The lowest BCUT2D eigenvalue weighted by atomic mass is 9.76. The van der Waals surface area contributed by atoms with Crippen molar-refractivity contribution in [1.82, 2.24) is 15.5 Å². The Morgan fingerprint density at radius 1 is 1.45 bits per heavy atom. The number of rotatable bonds is 3. The van der Waals surface area contributed by atoms with Crippen molar-refractivity contribution in [2.75, 3.05) is 0 Å². The Balaban J connectivity index is 2.25. The number of aryl methyl sites for hydroxylation is 2. The summed E-state index contributed by atoms with van der Waals surface area (Å²) in [5, 5.41) is 19.0. The zero-order valence-corrected chi connectivity index (χ0v) is 12.1. The summed E-state index contributed by atoms with van der Waals surface area (Å²) in [5.74, 6) is -1.01. The second-order valence-corrected chi connectivity index (χ2v) is 5.85. The van der Waals surface area contributed by atoms with Crippen LogP contribution < -0.4 is 5.32 Å². The second-order valence-electron chi connectivity index (χ2n) is 5.85. The number of carbonyl (C=O) groups excluding carboxylic acids is 1. The van der Waals surface area contributed by atoms with Crippen LogP contribution >= 0.6 is 0 Å². The van der Waals surface area contributed by atoms with Crippen molar-refractivity contribution < 1.29 is 14.7 Å². The van der Waals surface area contributed by atoms with Gasteiger partial charge in [0.15, 0.2) is 0 Å². The number of nitrogens with one attached hydrogen (secondary N) is 2. The Labute approximate surface area is 118 Å². The van der Waals surface area contributed by atoms with Gasteiger partial charge in [-0.1, -0.05) is 19.8 Å². The number of hydrogen-bond donors (Lipinski definition) is 3. The lowest BCUT2D eigenvalue weighted by Gasteiger charge is -2.37. The molecule has 1 aliphatic rings. The van der Waals surface area contributed by atoms with E-state index in [9.17, 15) is 14.7 Å². The predicted octanol–water partition coefficient (Wildman–Crippen LogP) is 1.79. The van der Waals surface area contributed by atoms with E-state index in [0.29, 0.717) is 35.7 Å². The molecule has 3 N–H and O–H groups in total. The van der Waals surface area contributed by atoms with Gasteiger partial charge in [-0.25, -0.2) is 4.79 Å². The SMILES string of the molecule is Cc1n[nH]c(C)c1C(=O)NC1(C(=O)O)CCCC(C)C1. The van der Waals surface area contributed by atoms with Crippen molar-refractivity contribution >= 4 is 11.9 Å². The van der Waals surface area contributed by atoms with E-state index in [1.54, 1.807) is 13.8 Å². The predicted molar refractivity (Wildman–Crippen MR) is 73.5 cm³/mol. The molecule has 1 aliphatic carbocycles. The average molecular weight is 279 g/mol. The van der Waals surface area contributed by atoms with E-state index in [2.05, 4.69) is 15.5 Å². The Morgan fingerprint density at radius 2 is 2.15 bits per heavy atom. The van der Waals surface area contributed by atoms with E-state index in [4.69, 9.17) is 0 Å². The molecule has 0 bridgehead atoms. The first-order chi connectivity index (χ1) is 9.35. The van der Waals surface area contributed by atoms with E-state index < -0.39 is 11.5 Å². The zero-order chi connectivity index (χ0) is 14.9. The molecule has 2 unspecified atom stereocenters. The van der Waals surface area contributed by atoms with E-state index in [1.807, 2.05) is 6.92 Å². The fraction of sp³-hybridized carbons (Fsp3) is 0.643. The van der Waals surface area contributed by atoms with Crippen molar-refractivity contribution in [2.24, 2.45) is 5.92 Å². The number of carboxylic acids is 1. The van der Waals surface area contributed by atoms with Gasteiger partial charge in [-0.3, -0.25) is 9.89 Å². The summed E-state index contributed by atoms with van der Waals surface area (Å²) in [6, 6.07) is 0. The third-order valence-corrected chi connectivity index (χ3v) is 4.11. The summed E-state index contributed by atoms with van der Waals surface area (Å²) < 4.78 is 0. The van der Waals surface area contributed by atoms with Gasteiger partial charge in [-0.15, -0.1) is 0 Å². The molecule has 6 nitrogen and oxygen atoms in total. The highest BCUT2D eigenvalue weighted by Crippen LogP contribution is 2.33. The molecule has 2 rings (SSSR count). The minimum absolute atomic E-state index is 0.298. The molecule has 0 saturated heterocycles. The van der Waals surface area contributed by atoms with Crippen LogP contribution in [0, 0.1) is 19.8 Å². The van der Waals surface area contributed by atoms with Crippen LogP contribution in [0.4, 0.5) is 0 Å². The maximum atomic E-state index is 12.4. The van der Waals surface area contributed by atoms with Gasteiger partial charge in [0.1, 0.15) is 5.54 Å². The van der Waals surface area contributed by atoms with Gasteiger partial charge in [-0.2, -0.15) is 5.10 Å². The van der Waals surface area contributed by atoms with E-state index in [-0.39, 0.29) is 5.91 Å². The molecule has 0 radical (unpaired) electrons. The Bertz CT molecular complexity index is 518. The van der Waals surface area contributed by atoms with Crippen LogP contribution in [0.25, 0.3) is 0 Å². The molecule has 110 valence electrons. The number of hydrogen-bond acceptors (Lipinski definition) is 3. The summed E-state index contributed by atoms with van der Waals surface area (Å²) in [6.07, 6.45) is 2.78. The van der Waals surface area contributed by atoms with Crippen LogP contribution in [0.3, 0.4) is 0 Å². The number of nitrogens with zero attached hydrogens (tertiary/aromatic N) is 1. The molecule has 0 aromatic carbocycles. The van der Waals surface area contributed by atoms with Crippen molar-refractivity contribution in [3.05, 3.63) is 17.0 Å². The molecule has 0 aliphatic heterocycles. The summed E-state index contributed by atoms with van der Waals surface area (Å²) in [5.41, 5.74) is 0.544. The van der Waals surface area contributed by atoms with Gasteiger partial charge in [0.2, 0.25) is 0 Å². The topological polar surface area (TPSA) is 95.1 Å². The molecule has 1 saturated carbocycles. The Kier molecular flexibility index (Phi) is 3.83. The molecule has 1 fully saturated rings. The molecule has 1 aromatic rings. The normalized spacial score (nSPS) is 26.2. The van der Waals surface area contributed by atoms with E-state index >= 15 is 0 Å². The number of carboxylic acid groups (broad SMARTS) is 1. The number of H-pyrrole nitrogens is 1. The monoisotopic (exact) mass is 279 g/mol. The Hall–Kier alpha value is -1.85. The fourth-order valence-electron chi connectivity index (χ4n) is 3.08. The first-order valence-electron chi connectivity index (χ1n) is 6.93. The third kappa shape index (κ3) is 2.55. The summed E-state index contributed by atoms with van der Waals surface area (Å²) in [4.78, 5) is 24.1. The second kappa shape index (κ2) is 5.26. The molecule has 1 heterocycles. The number of aromatic amines is 1. The quantitative estimate of drug-likeness (QED) is 0.786. The van der Waals surface area contributed by atoms with Gasteiger partial charge < -0.3 is 10.4 Å². The summed E-state index contributed by atoms with van der Waals surface area (Å²) in [7, 11) is 0. The van der Waals surface area contributed by atoms with Gasteiger partial charge >= 0.3 is 5.97 Å². The molecule has 2 atom stereocenters. The molecule has 6 heteroatoms. The average Bonchev–Trinajstić information content (AvgIpc) is 2.68. The lowest BCUT2D eigenvalue weighted by molar-refractivity contribution is -0.146. The highest BCUT2D eigenvalue weighted by Gasteiger charge is 2.43. The van der Waals surface area contributed by atoms with Crippen LogP contribution in [0.15, 0.2) is 0 Å². The van der Waals surface area contributed by atoms with Gasteiger partial charge in [-0.05, 0) is 32.6 Å². The van der Waals surface area contributed by atoms with Crippen LogP contribution in [0.1, 0.15) is 54.4 Å². The minimum atomic E-state index is -1.15. The number of aromatic nitrogens is 2. The van der Waals surface area contributed by atoms with E-state index in [0.717, 1.165) is 12.8 Å². The van der Waals surface area contributed by atoms with Crippen LogP contribution in [-0.4, -0.2) is 32.7 Å². The maximum Gasteiger partial charge on any atom is 0.329 e. The van der Waals surface area contributed by atoms with Gasteiger partial charge in [0, 0.05) is 5.69 Å². The highest BCUT2D eigenvalue weighted by molar-refractivity contribution is 5.99. The highest BCUT2D eigenvalue weighted by atomic mass is 16.4. The molecular weight excluding hydrogens is 258 g/mol. The largest absolute Gasteiger partial charge is 0.480 e. The van der Waals surface area contributed by atoms with Crippen molar-refractivity contribution in [1.29, 1.82) is 0 Å². The van der Waals surface area contributed by atoms with E-state index in [1.165, 1.54) is 0 Å². The standard InChI is InChI=1S/C14H21N3O3/c1-8-5-4-6-14(7-8,13(19)20)15-12(18)11-9(2)16-17-10(11)3/h8H,4-7H2,1-3H3,(H,15,18)(H,16,17)(H,19,20). The van der Waals surface area contributed by atoms with Gasteiger partial charge in [0.05, 0.1) is 11.3 Å². The molecule has 1 aromatic heterocycles. The number of amides is 1. The fourth-order valence-corrected chi connectivity index (χ4v) is 3.08. The summed E-state index contributed by atoms with van der Waals surface area (Å²) in [6.45, 7) is 5.51. The van der Waals surface area contributed by atoms with Crippen molar-refractivity contribution in [3.8, 4) is 0 Å². The van der Waals surface area contributed by atoms with Crippen molar-refractivity contribution in [2.45, 2.75) is 52.0 Å². The summed E-state index contributed by atoms with van der Waals surface area (Å²) >= 11 is 0. The third-order valence-electron chi connectivity index (χ3n) is 4.11. The van der Waals surface area contributed by atoms with Crippen molar-refractivity contribution in [3.63, 3.8) is 0 Å². The molecule has 0 spiro atoms. The van der Waals surface area contributed by atoms with Crippen LogP contribution in [0.2, 0.25) is 0 Å².